The summed E-state index contributed by atoms with van der Waals surface area (Å²) in [6.07, 6.45) is 7.41. The number of hydrogen-bond acceptors (Lipinski definition) is 5. The zero-order chi connectivity index (χ0) is 20.4. The van der Waals surface area contributed by atoms with Crippen molar-refractivity contribution < 1.29 is 4.74 Å². The van der Waals surface area contributed by atoms with Crippen LogP contribution in [0.1, 0.15) is 11.1 Å². The van der Waals surface area contributed by atoms with Crippen LogP contribution in [0.15, 0.2) is 59.5 Å². The molecule has 0 aliphatic carbocycles. The molecule has 2 aromatic heterocycles. The van der Waals surface area contributed by atoms with Gasteiger partial charge in [-0.2, -0.15) is 9.36 Å². The Balaban J connectivity index is 1.62. The molecule has 8 nitrogen and oxygen atoms in total. The third kappa shape index (κ3) is 3.63. The van der Waals surface area contributed by atoms with Crippen molar-refractivity contribution in [2.24, 2.45) is 7.05 Å². The molecular weight excluding hydrogens is 392 g/mol. The highest BCUT2D eigenvalue weighted by Gasteiger charge is 2.15. The molecule has 0 atom stereocenters. The molecule has 0 N–H and O–H groups in total. The summed E-state index contributed by atoms with van der Waals surface area (Å²) in [4.78, 5) is 12.3. The summed E-state index contributed by atoms with van der Waals surface area (Å²) in [6, 6.07) is 14.3. The molecule has 9 heteroatoms. The van der Waals surface area contributed by atoms with Crippen molar-refractivity contribution in [3.05, 3.63) is 81.4 Å². The highest BCUT2D eigenvalue weighted by Crippen LogP contribution is 2.20. The minimum atomic E-state index is -0.382. The number of ether oxygens (including phenoxy) is 1. The lowest BCUT2D eigenvalue weighted by Gasteiger charge is -2.11. The van der Waals surface area contributed by atoms with Crippen LogP contribution in [0.5, 0.6) is 5.88 Å². The summed E-state index contributed by atoms with van der Waals surface area (Å²) in [7, 11) is 1.52. The fourth-order valence-electron chi connectivity index (χ4n) is 2.79. The van der Waals surface area contributed by atoms with E-state index < -0.39 is 0 Å². The molecule has 0 saturated heterocycles. The van der Waals surface area contributed by atoms with E-state index in [9.17, 15) is 4.79 Å². The number of rotatable bonds is 5. The first kappa shape index (κ1) is 18.5. The molecule has 4 aromatic rings. The number of tetrazole rings is 1. The van der Waals surface area contributed by atoms with Crippen molar-refractivity contribution >= 4 is 11.6 Å². The molecule has 2 aromatic carbocycles. The molecule has 0 aliphatic heterocycles. The maximum absolute atomic E-state index is 12.3. The molecule has 2 heterocycles. The van der Waals surface area contributed by atoms with Crippen molar-refractivity contribution in [2.75, 3.05) is 0 Å². The Bertz CT molecular complexity index is 1260. The first-order chi connectivity index (χ1) is 14.1. The van der Waals surface area contributed by atoms with E-state index >= 15 is 0 Å². The molecule has 29 heavy (non-hydrogen) atoms. The molecule has 0 saturated carbocycles. The van der Waals surface area contributed by atoms with Gasteiger partial charge in [0.05, 0.1) is 11.4 Å². The van der Waals surface area contributed by atoms with Crippen LogP contribution in [0, 0.1) is 12.3 Å². The topological polar surface area (TPSA) is 79.8 Å². The summed E-state index contributed by atoms with van der Waals surface area (Å²) < 4.78 is 9.84. The van der Waals surface area contributed by atoms with Crippen molar-refractivity contribution in [2.45, 2.75) is 6.61 Å². The first-order valence-electron chi connectivity index (χ1n) is 8.59. The zero-order valence-electron chi connectivity index (χ0n) is 15.4. The lowest BCUT2D eigenvalue weighted by Crippen LogP contribution is -2.23. The largest absolute Gasteiger partial charge is 0.472 e. The summed E-state index contributed by atoms with van der Waals surface area (Å²) in [5.74, 6) is 3.02. The minimum absolute atomic E-state index is 0.107. The van der Waals surface area contributed by atoms with Crippen LogP contribution < -0.4 is 10.4 Å². The standard InChI is InChI=1S/C20H15ClN6O2/c1-3-14-5-4-6-18(27-20(28)25(2)23-24-27)17(14)13-29-19-11-12-26(22-19)16-9-7-15(21)8-10-16/h1,4-12H,13H2,2H3. The highest BCUT2D eigenvalue weighted by atomic mass is 35.5. The molecular formula is C20H15ClN6O2. The van der Waals surface area contributed by atoms with E-state index in [-0.39, 0.29) is 12.3 Å². The smallest absolute Gasteiger partial charge is 0.368 e. The zero-order valence-corrected chi connectivity index (χ0v) is 16.1. The predicted molar refractivity (Wildman–Crippen MR) is 107 cm³/mol. The van der Waals surface area contributed by atoms with E-state index in [1.807, 2.05) is 12.1 Å². The normalized spacial score (nSPS) is 10.7. The first-order valence-corrected chi connectivity index (χ1v) is 8.97. The molecule has 0 radical (unpaired) electrons. The fourth-order valence-corrected chi connectivity index (χ4v) is 2.92. The number of hydrogen-bond donors (Lipinski definition) is 0. The maximum atomic E-state index is 12.3. The van der Waals surface area contributed by atoms with Gasteiger partial charge in [0.1, 0.15) is 6.61 Å². The Hall–Kier alpha value is -3.83. The van der Waals surface area contributed by atoms with Gasteiger partial charge in [0.25, 0.3) is 0 Å². The van der Waals surface area contributed by atoms with Crippen LogP contribution in [0.4, 0.5) is 0 Å². The quantitative estimate of drug-likeness (QED) is 0.475. The van der Waals surface area contributed by atoms with Crippen LogP contribution in [-0.2, 0) is 13.7 Å². The molecule has 0 aliphatic rings. The number of nitrogens with zero attached hydrogens (tertiary/aromatic N) is 6. The lowest BCUT2D eigenvalue weighted by atomic mass is 10.1. The number of benzene rings is 2. The molecule has 0 bridgehead atoms. The minimum Gasteiger partial charge on any atom is -0.472 e. The second kappa shape index (κ2) is 7.66. The van der Waals surface area contributed by atoms with Gasteiger partial charge in [-0.3, -0.25) is 0 Å². The average Bonchev–Trinajstić information content (AvgIpc) is 3.34. The predicted octanol–water partition coefficient (Wildman–Crippen LogP) is 2.37. The van der Waals surface area contributed by atoms with Gasteiger partial charge in [0.15, 0.2) is 0 Å². The SMILES string of the molecule is C#Cc1cccc(-n2nnn(C)c2=O)c1COc1ccn(-c2ccc(Cl)cc2)n1. The molecule has 4 rings (SSSR count). The lowest BCUT2D eigenvalue weighted by molar-refractivity contribution is 0.291. The molecule has 0 amide bonds. The van der Waals surface area contributed by atoms with E-state index in [0.717, 1.165) is 10.4 Å². The molecule has 0 unspecified atom stereocenters. The maximum Gasteiger partial charge on any atom is 0.368 e. The van der Waals surface area contributed by atoms with E-state index in [2.05, 4.69) is 21.4 Å². The number of aromatic nitrogens is 6. The second-order valence-corrected chi connectivity index (χ2v) is 6.54. The van der Waals surface area contributed by atoms with E-state index in [4.69, 9.17) is 22.8 Å². The molecule has 144 valence electrons. The Kier molecular flexibility index (Phi) is 4.89. The van der Waals surface area contributed by atoms with E-state index in [1.54, 1.807) is 47.3 Å². The van der Waals surface area contributed by atoms with Gasteiger partial charge in [-0.15, -0.1) is 11.5 Å². The third-order valence-corrected chi connectivity index (χ3v) is 4.53. The van der Waals surface area contributed by atoms with Crippen LogP contribution in [0.2, 0.25) is 5.02 Å². The van der Waals surface area contributed by atoms with Crippen LogP contribution >= 0.6 is 11.6 Å². The van der Waals surface area contributed by atoms with Crippen molar-refractivity contribution in [1.29, 1.82) is 0 Å². The van der Waals surface area contributed by atoms with Crippen LogP contribution in [0.3, 0.4) is 0 Å². The molecule has 0 spiro atoms. The number of halogens is 1. The van der Waals surface area contributed by atoms with Gasteiger partial charge in [-0.1, -0.05) is 23.6 Å². The fraction of sp³-hybridized carbons (Fsp3) is 0.100. The highest BCUT2D eigenvalue weighted by molar-refractivity contribution is 6.30. The van der Waals surface area contributed by atoms with Gasteiger partial charge in [-0.25, -0.2) is 9.48 Å². The Morgan fingerprint density at radius 2 is 1.93 bits per heavy atom. The van der Waals surface area contributed by atoms with Crippen molar-refractivity contribution in [3.63, 3.8) is 0 Å². The van der Waals surface area contributed by atoms with Gasteiger partial charge < -0.3 is 4.74 Å². The van der Waals surface area contributed by atoms with Crippen LogP contribution in [-0.4, -0.2) is 29.6 Å². The summed E-state index contributed by atoms with van der Waals surface area (Å²) in [5.41, 5.74) is 2.21. The Morgan fingerprint density at radius 3 is 2.62 bits per heavy atom. The van der Waals surface area contributed by atoms with Gasteiger partial charge in [0, 0.05) is 35.5 Å². The Morgan fingerprint density at radius 1 is 1.14 bits per heavy atom. The van der Waals surface area contributed by atoms with Gasteiger partial charge in [-0.05, 0) is 46.8 Å². The van der Waals surface area contributed by atoms with E-state index in [1.165, 1.54) is 11.7 Å². The molecule has 0 fully saturated rings. The second-order valence-electron chi connectivity index (χ2n) is 6.11. The summed E-state index contributed by atoms with van der Waals surface area (Å²) >= 11 is 5.92. The van der Waals surface area contributed by atoms with E-state index in [0.29, 0.717) is 27.7 Å². The van der Waals surface area contributed by atoms with Gasteiger partial charge in [0.2, 0.25) is 5.88 Å². The monoisotopic (exact) mass is 406 g/mol. The van der Waals surface area contributed by atoms with Gasteiger partial charge >= 0.3 is 5.69 Å². The third-order valence-electron chi connectivity index (χ3n) is 4.28. The summed E-state index contributed by atoms with van der Waals surface area (Å²) in [6.45, 7) is 0.107. The summed E-state index contributed by atoms with van der Waals surface area (Å²) in [5, 5.41) is 12.7. The average molecular weight is 407 g/mol. The van der Waals surface area contributed by atoms with Crippen molar-refractivity contribution in [1.82, 2.24) is 29.6 Å². The van der Waals surface area contributed by atoms with Crippen molar-refractivity contribution in [3.8, 4) is 29.6 Å². The van der Waals surface area contributed by atoms with Crippen LogP contribution in [0.25, 0.3) is 11.4 Å². The Labute approximate surface area is 170 Å². The number of terminal acetylenes is 1. The number of aryl methyl sites for hydroxylation is 1.